The summed E-state index contributed by atoms with van der Waals surface area (Å²) in [6, 6.07) is 22.1. The smallest absolute Gasteiger partial charge is 0.475 e. The van der Waals surface area contributed by atoms with Crippen LogP contribution in [0.4, 0.5) is 18.9 Å². The van der Waals surface area contributed by atoms with Gasteiger partial charge < -0.3 is 14.9 Å². The zero-order chi connectivity index (χ0) is 32.2. The molecule has 5 rings (SSSR count). The lowest BCUT2D eigenvalue weighted by atomic mass is 9.88. The van der Waals surface area contributed by atoms with Crippen LogP contribution in [0.5, 0.6) is 0 Å². The highest BCUT2D eigenvalue weighted by Gasteiger charge is 2.45. The number of rotatable bonds is 5. The second kappa shape index (κ2) is 13.8. The minimum atomic E-state index is -5.08. The van der Waals surface area contributed by atoms with E-state index in [1.54, 1.807) is 37.3 Å². The number of benzene rings is 3. The zero-order valence-corrected chi connectivity index (χ0v) is 25.9. The molecule has 0 unspecified atom stereocenters. The second-order valence-electron chi connectivity index (χ2n) is 10.4. The molecule has 2 aliphatic heterocycles. The minimum Gasteiger partial charge on any atom is -0.475 e. The van der Waals surface area contributed by atoms with E-state index in [0.29, 0.717) is 46.7 Å². The van der Waals surface area contributed by atoms with E-state index in [4.69, 9.17) is 33.1 Å². The van der Waals surface area contributed by atoms with Crippen molar-refractivity contribution in [2.45, 2.75) is 23.9 Å². The first-order valence-electron chi connectivity index (χ1n) is 13.6. The standard InChI is InChI=1S/C28H29Cl2N3O3S.C2HF3O2/c1-20-7-5-6-10-27(20)37(35,36)33-18-23(21-8-3-2-4-9-21)24(19-33)28(34)32-15-13-31(14-16-32)26-17-22(29)11-12-25(26)30;3-2(4,5)1(6)7/h2-12,17,23-24H,13-16,18-19H2,1H3;(H,6,7)/t23-,24+;/m0./s1. The molecule has 2 fully saturated rings. The fourth-order valence-electron chi connectivity index (χ4n) is 5.37. The highest BCUT2D eigenvalue weighted by Crippen LogP contribution is 2.38. The van der Waals surface area contributed by atoms with E-state index in [9.17, 15) is 26.4 Å². The first kappa shape index (κ1) is 33.6. The van der Waals surface area contributed by atoms with Gasteiger partial charge in [-0.05, 0) is 42.3 Å². The number of aryl methyl sites for hydroxylation is 1. The number of anilines is 1. The summed E-state index contributed by atoms with van der Waals surface area (Å²) in [5.41, 5.74) is 2.54. The molecule has 2 aliphatic rings. The molecule has 2 saturated heterocycles. The van der Waals surface area contributed by atoms with Gasteiger partial charge in [-0.1, -0.05) is 71.7 Å². The van der Waals surface area contributed by atoms with Crippen molar-refractivity contribution in [3.8, 4) is 0 Å². The molecule has 1 N–H and O–H groups in total. The predicted molar refractivity (Wildman–Crippen MR) is 162 cm³/mol. The first-order valence-corrected chi connectivity index (χ1v) is 15.8. The van der Waals surface area contributed by atoms with Crippen LogP contribution in [0.25, 0.3) is 0 Å². The van der Waals surface area contributed by atoms with E-state index in [2.05, 4.69) is 4.90 Å². The van der Waals surface area contributed by atoms with E-state index in [1.165, 1.54) is 4.31 Å². The number of aliphatic carboxylic acids is 1. The van der Waals surface area contributed by atoms with Crippen LogP contribution >= 0.6 is 23.2 Å². The molecule has 0 aliphatic carbocycles. The van der Waals surface area contributed by atoms with Gasteiger partial charge in [-0.25, -0.2) is 13.2 Å². The van der Waals surface area contributed by atoms with Crippen molar-refractivity contribution < 1.29 is 36.3 Å². The summed E-state index contributed by atoms with van der Waals surface area (Å²) >= 11 is 12.6. The molecule has 2 heterocycles. The van der Waals surface area contributed by atoms with Crippen LogP contribution < -0.4 is 4.90 Å². The number of hydrogen-bond donors (Lipinski definition) is 1. The zero-order valence-electron chi connectivity index (χ0n) is 23.5. The molecule has 0 aromatic heterocycles. The third kappa shape index (κ3) is 7.66. The molecule has 3 aromatic carbocycles. The van der Waals surface area contributed by atoms with Gasteiger partial charge >= 0.3 is 12.1 Å². The molecule has 0 bridgehead atoms. The molecule has 236 valence electrons. The quantitative estimate of drug-likeness (QED) is 0.374. The van der Waals surface area contributed by atoms with Gasteiger partial charge in [-0.2, -0.15) is 17.5 Å². The van der Waals surface area contributed by atoms with Crippen molar-refractivity contribution in [2.75, 3.05) is 44.2 Å². The fourth-order valence-corrected chi connectivity index (χ4v) is 7.49. The highest BCUT2D eigenvalue weighted by molar-refractivity contribution is 7.89. The molecular weight excluding hydrogens is 642 g/mol. The molecule has 1 amide bonds. The Morgan fingerprint density at radius 2 is 1.48 bits per heavy atom. The monoisotopic (exact) mass is 671 g/mol. The Hall–Kier alpha value is -3.32. The largest absolute Gasteiger partial charge is 0.490 e. The van der Waals surface area contributed by atoms with Crippen molar-refractivity contribution in [3.63, 3.8) is 0 Å². The number of amides is 1. The van der Waals surface area contributed by atoms with Crippen LogP contribution in [0.1, 0.15) is 17.0 Å². The molecule has 0 radical (unpaired) electrons. The van der Waals surface area contributed by atoms with Gasteiger partial charge in [0.1, 0.15) is 0 Å². The number of carboxylic acid groups (broad SMARTS) is 1. The van der Waals surface area contributed by atoms with Crippen molar-refractivity contribution in [1.82, 2.24) is 9.21 Å². The highest BCUT2D eigenvalue weighted by atomic mass is 35.5. The van der Waals surface area contributed by atoms with Gasteiger partial charge in [0.25, 0.3) is 0 Å². The van der Waals surface area contributed by atoms with Gasteiger partial charge in [-0.15, -0.1) is 0 Å². The molecule has 44 heavy (non-hydrogen) atoms. The van der Waals surface area contributed by atoms with E-state index in [0.717, 1.165) is 11.3 Å². The molecule has 0 saturated carbocycles. The lowest BCUT2D eigenvalue weighted by Gasteiger charge is -2.38. The Labute approximate surface area is 263 Å². The molecule has 14 heteroatoms. The van der Waals surface area contributed by atoms with Gasteiger partial charge in [0.15, 0.2) is 0 Å². The molecule has 8 nitrogen and oxygen atoms in total. The number of carboxylic acids is 1. The Morgan fingerprint density at radius 1 is 0.886 bits per heavy atom. The predicted octanol–water partition coefficient (Wildman–Crippen LogP) is 5.69. The average molecular weight is 673 g/mol. The van der Waals surface area contributed by atoms with Gasteiger partial charge in [0.2, 0.25) is 15.9 Å². The summed E-state index contributed by atoms with van der Waals surface area (Å²) in [5.74, 6) is -3.43. The summed E-state index contributed by atoms with van der Waals surface area (Å²) in [7, 11) is -3.73. The Balaban J connectivity index is 0.000000566. The summed E-state index contributed by atoms with van der Waals surface area (Å²) in [5, 5.41) is 8.37. The van der Waals surface area contributed by atoms with Crippen LogP contribution in [0.2, 0.25) is 10.0 Å². The number of alkyl halides is 3. The maximum Gasteiger partial charge on any atom is 0.490 e. The Kier molecular flexibility index (Phi) is 10.5. The van der Waals surface area contributed by atoms with Crippen LogP contribution in [-0.4, -0.2) is 80.1 Å². The van der Waals surface area contributed by atoms with Gasteiger partial charge in [0, 0.05) is 50.2 Å². The third-order valence-electron chi connectivity index (χ3n) is 7.63. The normalized spacial score (nSPS) is 19.3. The molecular formula is C30H30Cl2F3N3O5S. The van der Waals surface area contributed by atoms with Crippen molar-refractivity contribution >= 4 is 50.8 Å². The Bertz CT molecular complexity index is 1600. The van der Waals surface area contributed by atoms with Crippen LogP contribution in [-0.2, 0) is 19.6 Å². The van der Waals surface area contributed by atoms with E-state index >= 15 is 0 Å². The van der Waals surface area contributed by atoms with Gasteiger partial charge in [0.05, 0.1) is 21.5 Å². The Morgan fingerprint density at radius 3 is 2.07 bits per heavy atom. The van der Waals surface area contributed by atoms with Gasteiger partial charge in [-0.3, -0.25) is 4.79 Å². The maximum atomic E-state index is 13.9. The number of sulfonamides is 1. The topological polar surface area (TPSA) is 98.2 Å². The summed E-state index contributed by atoms with van der Waals surface area (Å²) in [4.78, 5) is 27.0. The summed E-state index contributed by atoms with van der Waals surface area (Å²) < 4.78 is 60.4. The minimum absolute atomic E-state index is 0.00632. The third-order valence-corrected chi connectivity index (χ3v) is 10.2. The maximum absolute atomic E-state index is 13.9. The molecule has 0 spiro atoms. The van der Waals surface area contributed by atoms with Crippen LogP contribution in [0.15, 0.2) is 77.7 Å². The second-order valence-corrected chi connectivity index (χ2v) is 13.2. The summed E-state index contributed by atoms with van der Waals surface area (Å²) in [6.45, 7) is 4.55. The number of nitrogens with zero attached hydrogens (tertiary/aromatic N) is 3. The average Bonchev–Trinajstić information content (AvgIpc) is 3.45. The number of carbonyl (C=O) groups is 2. The number of hydrogen-bond acceptors (Lipinski definition) is 5. The van der Waals surface area contributed by atoms with E-state index in [-0.39, 0.29) is 24.9 Å². The number of piperazine rings is 1. The van der Waals surface area contributed by atoms with Crippen LogP contribution in [0, 0.1) is 12.8 Å². The molecule has 3 aromatic rings. The van der Waals surface area contributed by atoms with Crippen LogP contribution in [0.3, 0.4) is 0 Å². The van der Waals surface area contributed by atoms with E-state index < -0.39 is 28.1 Å². The van der Waals surface area contributed by atoms with E-state index in [1.807, 2.05) is 47.4 Å². The SMILES string of the molecule is Cc1ccccc1S(=O)(=O)N1C[C@@H](C(=O)N2CCN(c3cc(Cl)ccc3Cl)CC2)[C@H](c2ccccc2)C1.O=C(O)C(F)(F)F. The number of halogens is 5. The first-order chi connectivity index (χ1) is 20.7. The van der Waals surface area contributed by atoms with Crippen molar-refractivity contribution in [3.05, 3.63) is 94.0 Å². The van der Waals surface area contributed by atoms with Crippen molar-refractivity contribution in [1.29, 1.82) is 0 Å². The lowest BCUT2D eigenvalue weighted by Crippen LogP contribution is -2.51. The summed E-state index contributed by atoms with van der Waals surface area (Å²) in [6.07, 6.45) is -5.08. The van der Waals surface area contributed by atoms with Crippen molar-refractivity contribution in [2.24, 2.45) is 5.92 Å². The fraction of sp³-hybridized carbons (Fsp3) is 0.333. The number of carbonyl (C=O) groups excluding carboxylic acids is 1. The lowest BCUT2D eigenvalue weighted by molar-refractivity contribution is -0.192. The molecule has 2 atom stereocenters.